The molecule has 0 bridgehead atoms. The average Bonchev–Trinajstić information content (AvgIpc) is 3.03. The molecule has 124 valence electrons. The zero-order valence-electron chi connectivity index (χ0n) is 13.1. The Hall–Kier alpha value is -2.34. The summed E-state index contributed by atoms with van der Waals surface area (Å²) < 4.78 is 17.0. The van der Waals surface area contributed by atoms with Crippen LogP contribution in [0.15, 0.2) is 51.6 Å². The van der Waals surface area contributed by atoms with E-state index in [-0.39, 0.29) is 12.4 Å². The van der Waals surface area contributed by atoms with Gasteiger partial charge in [0.1, 0.15) is 17.9 Å². The maximum atomic E-state index is 11.7. The lowest BCUT2D eigenvalue weighted by molar-refractivity contribution is -0.142. The summed E-state index contributed by atoms with van der Waals surface area (Å²) in [5.41, 5.74) is 3.03. The van der Waals surface area contributed by atoms with E-state index in [0.29, 0.717) is 24.5 Å². The normalized spacial score (nSPS) is 10.8. The monoisotopic (exact) mass is 389 g/mol. The molecule has 3 aromatic rings. The van der Waals surface area contributed by atoms with Crippen LogP contribution in [0.25, 0.3) is 11.1 Å². The quantitative estimate of drug-likeness (QED) is 0.588. The van der Waals surface area contributed by atoms with Crippen molar-refractivity contribution in [2.45, 2.75) is 20.0 Å². The minimum absolute atomic E-state index is 0.182. The van der Waals surface area contributed by atoms with Crippen molar-refractivity contribution in [3.63, 3.8) is 0 Å². The Labute approximate surface area is 147 Å². The minimum atomic E-state index is -0.269. The highest BCUT2D eigenvalue weighted by Crippen LogP contribution is 2.26. The third kappa shape index (κ3) is 3.76. The summed E-state index contributed by atoms with van der Waals surface area (Å²) >= 11 is 3.47. The van der Waals surface area contributed by atoms with Crippen LogP contribution in [0.3, 0.4) is 0 Å². The van der Waals surface area contributed by atoms with E-state index in [4.69, 9.17) is 13.9 Å². The van der Waals surface area contributed by atoms with Gasteiger partial charge in [0, 0.05) is 11.6 Å². The Morgan fingerprint density at radius 1 is 1.29 bits per heavy atom. The number of halogens is 1. The zero-order chi connectivity index (χ0) is 16.9. The molecule has 0 aliphatic carbocycles. The van der Waals surface area contributed by atoms with Gasteiger partial charge in [-0.2, -0.15) is 0 Å². The lowest BCUT2D eigenvalue weighted by Crippen LogP contribution is -2.09. The molecule has 0 aliphatic rings. The smallest absolute Gasteiger partial charge is 0.310 e. The summed E-state index contributed by atoms with van der Waals surface area (Å²) in [4.78, 5) is 16.2. The number of pyridine rings is 1. The van der Waals surface area contributed by atoms with Crippen LogP contribution in [-0.2, 0) is 22.6 Å². The van der Waals surface area contributed by atoms with E-state index in [1.807, 2.05) is 30.3 Å². The highest BCUT2D eigenvalue weighted by Gasteiger charge is 2.11. The number of fused-ring (bicyclic) bond motifs is 1. The van der Waals surface area contributed by atoms with Crippen LogP contribution in [0, 0.1) is 0 Å². The highest BCUT2D eigenvalue weighted by molar-refractivity contribution is 9.10. The van der Waals surface area contributed by atoms with Crippen molar-refractivity contribution in [2.75, 3.05) is 6.61 Å². The van der Waals surface area contributed by atoms with Crippen molar-refractivity contribution in [3.8, 4) is 5.75 Å². The highest BCUT2D eigenvalue weighted by atomic mass is 79.9. The number of benzene rings is 1. The van der Waals surface area contributed by atoms with Crippen LogP contribution >= 0.6 is 15.9 Å². The molecule has 0 atom stereocenters. The fourth-order valence-electron chi connectivity index (χ4n) is 2.35. The van der Waals surface area contributed by atoms with Crippen molar-refractivity contribution in [2.24, 2.45) is 0 Å². The first-order valence-corrected chi connectivity index (χ1v) is 8.35. The van der Waals surface area contributed by atoms with Crippen LogP contribution in [0.5, 0.6) is 5.75 Å². The number of ether oxygens (including phenoxy) is 2. The van der Waals surface area contributed by atoms with E-state index >= 15 is 0 Å². The van der Waals surface area contributed by atoms with E-state index in [1.54, 1.807) is 19.3 Å². The van der Waals surface area contributed by atoms with Gasteiger partial charge in [-0.25, -0.2) is 4.98 Å². The van der Waals surface area contributed by atoms with Gasteiger partial charge in [-0.15, -0.1) is 0 Å². The second-order valence-electron chi connectivity index (χ2n) is 5.11. The van der Waals surface area contributed by atoms with Gasteiger partial charge >= 0.3 is 5.97 Å². The summed E-state index contributed by atoms with van der Waals surface area (Å²) in [5.74, 6) is 0.380. The number of esters is 1. The largest absolute Gasteiger partial charge is 0.487 e. The van der Waals surface area contributed by atoms with Gasteiger partial charge in [0.05, 0.1) is 29.5 Å². The molecule has 0 fully saturated rings. The molecule has 6 heteroatoms. The number of carbonyl (C=O) groups excluding carboxylic acids is 1. The Balaban J connectivity index is 1.75. The zero-order valence-corrected chi connectivity index (χ0v) is 14.7. The molecule has 5 nitrogen and oxygen atoms in total. The summed E-state index contributed by atoms with van der Waals surface area (Å²) in [5, 5.41) is 0. The Kier molecular flexibility index (Phi) is 5.15. The summed E-state index contributed by atoms with van der Waals surface area (Å²) in [6.07, 6.45) is 1.78. The van der Waals surface area contributed by atoms with Crippen LogP contribution in [-0.4, -0.2) is 17.6 Å². The first-order valence-electron chi connectivity index (χ1n) is 7.56. The molecule has 0 saturated carbocycles. The summed E-state index contributed by atoms with van der Waals surface area (Å²) in [6.45, 7) is 2.44. The summed E-state index contributed by atoms with van der Waals surface area (Å²) in [7, 11) is 0. The molecular weight excluding hydrogens is 374 g/mol. The van der Waals surface area contributed by atoms with Gasteiger partial charge in [-0.1, -0.05) is 18.2 Å². The number of hydrogen-bond donors (Lipinski definition) is 0. The number of nitrogens with zero attached hydrogens (tertiary/aromatic N) is 1. The van der Waals surface area contributed by atoms with E-state index in [2.05, 4.69) is 20.9 Å². The second kappa shape index (κ2) is 7.49. The van der Waals surface area contributed by atoms with Gasteiger partial charge < -0.3 is 13.9 Å². The van der Waals surface area contributed by atoms with Crippen molar-refractivity contribution >= 4 is 33.0 Å². The molecule has 0 N–H and O–H groups in total. The van der Waals surface area contributed by atoms with Gasteiger partial charge in [0.2, 0.25) is 0 Å². The van der Waals surface area contributed by atoms with Gasteiger partial charge in [0.15, 0.2) is 5.58 Å². The number of carbonyl (C=O) groups is 1. The first-order chi connectivity index (χ1) is 11.7. The van der Waals surface area contributed by atoms with Crippen molar-refractivity contribution in [1.29, 1.82) is 0 Å². The number of para-hydroxylation sites is 1. The molecule has 24 heavy (non-hydrogen) atoms. The van der Waals surface area contributed by atoms with E-state index in [9.17, 15) is 4.79 Å². The maximum absolute atomic E-state index is 11.7. The molecule has 0 spiro atoms. The Bertz CT molecular complexity index is 859. The average molecular weight is 390 g/mol. The van der Waals surface area contributed by atoms with E-state index in [0.717, 1.165) is 21.2 Å². The van der Waals surface area contributed by atoms with Gasteiger partial charge in [-0.3, -0.25) is 4.79 Å². The van der Waals surface area contributed by atoms with Gasteiger partial charge in [-0.05, 0) is 35.0 Å². The topological polar surface area (TPSA) is 61.6 Å². The third-order valence-corrected chi connectivity index (χ3v) is 4.00. The standard InChI is InChI=1S/C18H16BrNO4/c1-2-22-17(21)9-12-5-3-4-6-16(12)24-11-13-10-14(19)18-15(20-13)7-8-23-18/h3-8,10H,2,9,11H2,1H3. The van der Waals surface area contributed by atoms with Crippen LogP contribution < -0.4 is 4.74 Å². The van der Waals surface area contributed by atoms with Crippen molar-refractivity contribution in [1.82, 2.24) is 4.98 Å². The third-order valence-electron chi connectivity index (χ3n) is 3.41. The van der Waals surface area contributed by atoms with Gasteiger partial charge in [0.25, 0.3) is 0 Å². The number of aromatic nitrogens is 1. The van der Waals surface area contributed by atoms with Crippen LogP contribution in [0.2, 0.25) is 0 Å². The molecule has 0 aliphatic heterocycles. The maximum Gasteiger partial charge on any atom is 0.310 e. The fourth-order valence-corrected chi connectivity index (χ4v) is 2.91. The van der Waals surface area contributed by atoms with Crippen molar-refractivity contribution < 1.29 is 18.7 Å². The molecule has 2 aromatic heterocycles. The molecule has 0 amide bonds. The number of furan rings is 1. The number of rotatable bonds is 6. The minimum Gasteiger partial charge on any atom is -0.487 e. The lowest BCUT2D eigenvalue weighted by Gasteiger charge is -2.11. The molecule has 2 heterocycles. The van der Waals surface area contributed by atoms with Crippen LogP contribution in [0.4, 0.5) is 0 Å². The molecule has 0 saturated heterocycles. The van der Waals surface area contributed by atoms with E-state index in [1.165, 1.54) is 0 Å². The van der Waals surface area contributed by atoms with E-state index < -0.39 is 0 Å². The first kappa shape index (κ1) is 16.5. The molecule has 1 aromatic carbocycles. The summed E-state index contributed by atoms with van der Waals surface area (Å²) in [6, 6.07) is 11.1. The van der Waals surface area contributed by atoms with Crippen LogP contribution in [0.1, 0.15) is 18.2 Å². The predicted octanol–water partition coefficient (Wildman–Crippen LogP) is 4.27. The molecule has 0 unspecified atom stereocenters. The fraction of sp³-hybridized carbons (Fsp3) is 0.222. The SMILES string of the molecule is CCOC(=O)Cc1ccccc1OCc1cc(Br)c2occc2n1. The predicted molar refractivity (Wildman–Crippen MR) is 92.8 cm³/mol. The molecular formula is C18H16BrNO4. The molecule has 3 rings (SSSR count). The van der Waals surface area contributed by atoms with Crippen molar-refractivity contribution in [3.05, 3.63) is 58.4 Å². The molecule has 0 radical (unpaired) electrons. The lowest BCUT2D eigenvalue weighted by atomic mass is 10.1. The Morgan fingerprint density at radius 3 is 2.96 bits per heavy atom. The second-order valence-corrected chi connectivity index (χ2v) is 5.96. The number of hydrogen-bond acceptors (Lipinski definition) is 5. The Morgan fingerprint density at radius 2 is 2.12 bits per heavy atom.